The Morgan fingerprint density at radius 3 is 2.83 bits per heavy atom. The van der Waals surface area contributed by atoms with E-state index in [-0.39, 0.29) is 6.10 Å². The van der Waals surface area contributed by atoms with E-state index < -0.39 is 0 Å². The Hall–Kier alpha value is -0.800. The molecule has 1 aromatic heterocycles. The number of aliphatic hydroxyl groups excluding tert-OH is 1. The zero-order valence-corrected chi connectivity index (χ0v) is 7.25. The minimum atomic E-state index is -0.0933. The minimum absolute atomic E-state index is 0.0933. The molecule has 0 spiro atoms. The van der Waals surface area contributed by atoms with E-state index >= 15 is 0 Å². The maximum atomic E-state index is 9.07. The first-order valence-electron chi connectivity index (χ1n) is 4.28. The lowest BCUT2D eigenvalue weighted by Crippen LogP contribution is -2.49. The number of rotatable bonds is 2. The second-order valence-corrected chi connectivity index (χ2v) is 3.51. The molecule has 0 aromatic carbocycles. The molecule has 0 saturated carbocycles. The van der Waals surface area contributed by atoms with Gasteiger partial charge in [0, 0.05) is 32.0 Å². The van der Waals surface area contributed by atoms with Gasteiger partial charge in [-0.1, -0.05) is 0 Å². The predicted molar refractivity (Wildman–Crippen MR) is 46.8 cm³/mol. The zero-order valence-electron chi connectivity index (χ0n) is 7.25. The third kappa shape index (κ3) is 1.38. The fraction of sp³-hybridized carbons (Fsp3) is 0.556. The van der Waals surface area contributed by atoms with Crippen LogP contribution in [0, 0.1) is 6.92 Å². The number of aliphatic hydroxyl groups is 1. The number of hydrogen-bond acceptors (Lipinski definition) is 2. The molecule has 0 radical (unpaired) electrons. The summed E-state index contributed by atoms with van der Waals surface area (Å²) in [5, 5.41) is 9.07. The van der Waals surface area contributed by atoms with Crippen molar-refractivity contribution in [1.82, 2.24) is 9.88 Å². The highest BCUT2D eigenvalue weighted by Gasteiger charge is 2.24. The molecule has 0 aliphatic carbocycles. The Morgan fingerprint density at radius 2 is 2.33 bits per heavy atom. The van der Waals surface area contributed by atoms with Crippen molar-refractivity contribution >= 4 is 0 Å². The fourth-order valence-electron chi connectivity index (χ4n) is 1.56. The molecule has 0 bridgehead atoms. The van der Waals surface area contributed by atoms with E-state index in [9.17, 15) is 0 Å². The molecule has 1 fully saturated rings. The summed E-state index contributed by atoms with van der Waals surface area (Å²) >= 11 is 0. The summed E-state index contributed by atoms with van der Waals surface area (Å²) < 4.78 is 0. The Morgan fingerprint density at radius 1 is 1.58 bits per heavy atom. The van der Waals surface area contributed by atoms with Crippen LogP contribution in [0.15, 0.2) is 12.4 Å². The molecular formula is C9H14N2O. The molecule has 1 aliphatic heterocycles. The first kappa shape index (κ1) is 7.83. The van der Waals surface area contributed by atoms with Crippen molar-refractivity contribution in [2.24, 2.45) is 0 Å². The van der Waals surface area contributed by atoms with Crippen LogP contribution in [-0.2, 0) is 6.54 Å². The van der Waals surface area contributed by atoms with Crippen molar-refractivity contribution in [1.29, 1.82) is 0 Å². The van der Waals surface area contributed by atoms with Gasteiger partial charge < -0.3 is 10.1 Å². The first-order valence-corrected chi connectivity index (χ1v) is 4.28. The molecule has 0 atom stereocenters. The lowest BCUT2D eigenvalue weighted by atomic mass is 10.1. The average molecular weight is 166 g/mol. The van der Waals surface area contributed by atoms with Gasteiger partial charge in [-0.15, -0.1) is 0 Å². The SMILES string of the molecule is Cc1c[nH]cc1CN1CC(O)C1. The van der Waals surface area contributed by atoms with E-state index in [1.54, 1.807) is 0 Å². The molecule has 3 nitrogen and oxygen atoms in total. The van der Waals surface area contributed by atoms with Crippen molar-refractivity contribution in [3.63, 3.8) is 0 Å². The van der Waals surface area contributed by atoms with Crippen LogP contribution in [-0.4, -0.2) is 34.2 Å². The monoisotopic (exact) mass is 166 g/mol. The van der Waals surface area contributed by atoms with Crippen LogP contribution in [0.1, 0.15) is 11.1 Å². The standard InChI is InChI=1S/C9H14N2O/c1-7-2-10-3-8(7)4-11-5-9(12)6-11/h2-3,9-10,12H,4-6H2,1H3. The molecular weight excluding hydrogens is 152 g/mol. The van der Waals surface area contributed by atoms with Crippen molar-refractivity contribution in [3.8, 4) is 0 Å². The summed E-state index contributed by atoms with van der Waals surface area (Å²) in [6, 6.07) is 0. The summed E-state index contributed by atoms with van der Waals surface area (Å²) in [5.41, 5.74) is 2.64. The molecule has 2 rings (SSSR count). The van der Waals surface area contributed by atoms with E-state index in [2.05, 4.69) is 16.8 Å². The lowest BCUT2D eigenvalue weighted by Gasteiger charge is -2.35. The van der Waals surface area contributed by atoms with Crippen LogP contribution in [0.25, 0.3) is 0 Å². The van der Waals surface area contributed by atoms with Crippen molar-refractivity contribution in [2.45, 2.75) is 19.6 Å². The van der Waals surface area contributed by atoms with Crippen LogP contribution in [0.2, 0.25) is 0 Å². The van der Waals surface area contributed by atoms with Gasteiger partial charge >= 0.3 is 0 Å². The number of aryl methyl sites for hydroxylation is 1. The second-order valence-electron chi connectivity index (χ2n) is 3.51. The Balaban J connectivity index is 1.92. The van der Waals surface area contributed by atoms with Gasteiger partial charge in [-0.2, -0.15) is 0 Å². The van der Waals surface area contributed by atoms with Gasteiger partial charge in [-0.25, -0.2) is 0 Å². The van der Waals surface area contributed by atoms with Gasteiger partial charge in [0.15, 0.2) is 0 Å². The molecule has 1 aliphatic rings. The summed E-state index contributed by atoms with van der Waals surface area (Å²) in [6.07, 6.45) is 3.94. The van der Waals surface area contributed by atoms with E-state index in [1.807, 2.05) is 12.4 Å². The molecule has 1 aromatic rings. The number of nitrogens with zero attached hydrogens (tertiary/aromatic N) is 1. The second kappa shape index (κ2) is 2.92. The minimum Gasteiger partial charge on any atom is -0.390 e. The largest absolute Gasteiger partial charge is 0.390 e. The van der Waals surface area contributed by atoms with Gasteiger partial charge in [0.2, 0.25) is 0 Å². The number of aromatic amines is 1. The van der Waals surface area contributed by atoms with E-state index in [0.717, 1.165) is 19.6 Å². The third-order valence-electron chi connectivity index (χ3n) is 2.40. The highest BCUT2D eigenvalue weighted by Crippen LogP contribution is 2.14. The van der Waals surface area contributed by atoms with E-state index in [4.69, 9.17) is 5.11 Å². The smallest absolute Gasteiger partial charge is 0.0794 e. The van der Waals surface area contributed by atoms with Crippen LogP contribution in [0.5, 0.6) is 0 Å². The lowest BCUT2D eigenvalue weighted by molar-refractivity contribution is -0.00293. The molecule has 66 valence electrons. The summed E-state index contributed by atoms with van der Waals surface area (Å²) in [7, 11) is 0. The van der Waals surface area contributed by atoms with Gasteiger partial charge in [0.05, 0.1) is 6.10 Å². The van der Waals surface area contributed by atoms with Crippen molar-refractivity contribution < 1.29 is 5.11 Å². The summed E-state index contributed by atoms with van der Waals surface area (Å²) in [5.74, 6) is 0. The molecule has 2 N–H and O–H groups in total. The highest BCUT2D eigenvalue weighted by atomic mass is 16.3. The highest BCUT2D eigenvalue weighted by molar-refractivity contribution is 5.21. The van der Waals surface area contributed by atoms with E-state index in [1.165, 1.54) is 11.1 Å². The molecule has 3 heteroatoms. The van der Waals surface area contributed by atoms with Gasteiger partial charge in [-0.05, 0) is 18.1 Å². The Kier molecular flexibility index (Phi) is 1.90. The van der Waals surface area contributed by atoms with Gasteiger partial charge in [0.1, 0.15) is 0 Å². The maximum absolute atomic E-state index is 9.07. The maximum Gasteiger partial charge on any atom is 0.0794 e. The van der Waals surface area contributed by atoms with E-state index in [0.29, 0.717) is 0 Å². The normalized spacial score (nSPS) is 19.5. The topological polar surface area (TPSA) is 39.3 Å². The molecule has 0 unspecified atom stereocenters. The molecule has 0 amide bonds. The summed E-state index contributed by atoms with van der Waals surface area (Å²) in [6.45, 7) is 4.71. The fourth-order valence-corrected chi connectivity index (χ4v) is 1.56. The summed E-state index contributed by atoms with van der Waals surface area (Å²) in [4.78, 5) is 5.31. The Bertz CT molecular complexity index is 263. The van der Waals surface area contributed by atoms with Gasteiger partial charge in [0.25, 0.3) is 0 Å². The van der Waals surface area contributed by atoms with Crippen molar-refractivity contribution in [3.05, 3.63) is 23.5 Å². The van der Waals surface area contributed by atoms with Gasteiger partial charge in [-0.3, -0.25) is 4.90 Å². The predicted octanol–water partition coefficient (Wildman–Crippen LogP) is 0.500. The molecule has 1 saturated heterocycles. The van der Waals surface area contributed by atoms with Crippen LogP contribution < -0.4 is 0 Å². The number of β-amino-alcohol motifs (C(OH)–C–C–N with tert-alkyl or cyclic N) is 1. The quantitative estimate of drug-likeness (QED) is 0.671. The van der Waals surface area contributed by atoms with Crippen LogP contribution in [0.3, 0.4) is 0 Å². The first-order chi connectivity index (χ1) is 5.75. The number of H-pyrrole nitrogens is 1. The van der Waals surface area contributed by atoms with Crippen molar-refractivity contribution in [2.75, 3.05) is 13.1 Å². The number of likely N-dealkylation sites (tertiary alicyclic amines) is 1. The Labute approximate surface area is 72.0 Å². The zero-order chi connectivity index (χ0) is 8.55. The number of hydrogen-bond donors (Lipinski definition) is 2. The number of nitrogens with one attached hydrogen (secondary N) is 1. The average Bonchev–Trinajstić information content (AvgIpc) is 2.33. The van der Waals surface area contributed by atoms with Crippen LogP contribution >= 0.6 is 0 Å². The molecule has 2 heterocycles. The van der Waals surface area contributed by atoms with Crippen LogP contribution in [0.4, 0.5) is 0 Å². The third-order valence-corrected chi connectivity index (χ3v) is 2.40. The molecule has 12 heavy (non-hydrogen) atoms. The number of aromatic nitrogens is 1.